The van der Waals surface area contributed by atoms with Crippen LogP contribution in [0.1, 0.15) is 20.3 Å². The van der Waals surface area contributed by atoms with Crippen LogP contribution in [0.5, 0.6) is 0 Å². The van der Waals surface area contributed by atoms with Gasteiger partial charge in [-0.25, -0.2) is 0 Å². The van der Waals surface area contributed by atoms with Crippen LogP contribution in [-0.2, 0) is 0 Å². The Balaban J connectivity index is 2.25. The number of benzene rings is 1. The Morgan fingerprint density at radius 1 is 1.33 bits per heavy atom. The van der Waals surface area contributed by atoms with Crippen LogP contribution >= 0.6 is 0 Å². The molecule has 5 heteroatoms. The van der Waals surface area contributed by atoms with E-state index in [1.807, 2.05) is 6.07 Å². The van der Waals surface area contributed by atoms with Crippen LogP contribution in [0.15, 0.2) is 18.2 Å². The van der Waals surface area contributed by atoms with E-state index >= 15 is 0 Å². The molecule has 1 aromatic rings. The molecule has 0 bridgehead atoms. The maximum absolute atomic E-state index is 10.8. The Morgan fingerprint density at radius 3 is 2.67 bits per heavy atom. The lowest BCUT2D eigenvalue weighted by molar-refractivity contribution is -0.384. The van der Waals surface area contributed by atoms with Crippen molar-refractivity contribution in [1.82, 2.24) is 0 Å². The van der Waals surface area contributed by atoms with Crippen molar-refractivity contribution in [2.45, 2.75) is 20.3 Å². The molecule has 1 aromatic carbocycles. The van der Waals surface area contributed by atoms with Crippen molar-refractivity contribution in [3.8, 4) is 0 Å². The van der Waals surface area contributed by atoms with Crippen LogP contribution in [0.25, 0.3) is 0 Å². The number of non-ortho nitro benzene ring substituents is 1. The third kappa shape index (κ3) is 2.55. The summed E-state index contributed by atoms with van der Waals surface area (Å²) in [7, 11) is 0. The summed E-state index contributed by atoms with van der Waals surface area (Å²) in [5.41, 5.74) is 7.11. The molecule has 1 heterocycles. The molecular weight excluding hydrogens is 230 g/mol. The normalized spacial score (nSPS) is 24.0. The van der Waals surface area contributed by atoms with Gasteiger partial charge in [0.2, 0.25) is 0 Å². The van der Waals surface area contributed by atoms with Crippen molar-refractivity contribution >= 4 is 17.1 Å². The SMILES string of the molecule is CC1CCN(c2cc(N)cc([N+](=O)[O-])c2)CC1C. The first-order valence-corrected chi connectivity index (χ1v) is 6.27. The average Bonchev–Trinajstić information content (AvgIpc) is 2.31. The van der Waals surface area contributed by atoms with Crippen LogP contribution in [0, 0.1) is 22.0 Å². The molecule has 2 unspecified atom stereocenters. The fourth-order valence-corrected chi connectivity index (χ4v) is 2.40. The highest BCUT2D eigenvalue weighted by atomic mass is 16.6. The molecule has 2 N–H and O–H groups in total. The summed E-state index contributed by atoms with van der Waals surface area (Å²) in [6.07, 6.45) is 1.11. The minimum Gasteiger partial charge on any atom is -0.398 e. The molecular formula is C13H19N3O2. The monoisotopic (exact) mass is 249 g/mol. The number of nitro benzene ring substituents is 1. The smallest absolute Gasteiger partial charge is 0.273 e. The molecule has 0 amide bonds. The Hall–Kier alpha value is -1.78. The van der Waals surface area contributed by atoms with Crippen molar-refractivity contribution in [2.24, 2.45) is 11.8 Å². The molecule has 18 heavy (non-hydrogen) atoms. The first kappa shape index (κ1) is 12.7. The second kappa shape index (κ2) is 4.84. The number of hydrogen-bond donors (Lipinski definition) is 1. The lowest BCUT2D eigenvalue weighted by atomic mass is 9.88. The molecule has 0 saturated carbocycles. The molecule has 2 rings (SSSR count). The Labute approximate surface area is 107 Å². The zero-order valence-electron chi connectivity index (χ0n) is 10.8. The molecule has 1 aliphatic rings. The van der Waals surface area contributed by atoms with Gasteiger partial charge in [0, 0.05) is 36.6 Å². The summed E-state index contributed by atoms with van der Waals surface area (Å²) in [6, 6.07) is 4.83. The van der Waals surface area contributed by atoms with Crippen LogP contribution in [0.4, 0.5) is 17.1 Å². The van der Waals surface area contributed by atoms with E-state index in [1.54, 1.807) is 6.07 Å². The lowest BCUT2D eigenvalue weighted by Crippen LogP contribution is -2.38. The number of nitrogens with zero attached hydrogens (tertiary/aromatic N) is 2. The highest BCUT2D eigenvalue weighted by Gasteiger charge is 2.24. The van der Waals surface area contributed by atoms with Gasteiger partial charge in [-0.2, -0.15) is 0 Å². The Bertz CT molecular complexity index is 462. The summed E-state index contributed by atoms with van der Waals surface area (Å²) in [5.74, 6) is 1.30. The van der Waals surface area contributed by atoms with Crippen molar-refractivity contribution in [3.05, 3.63) is 28.3 Å². The van der Waals surface area contributed by atoms with Crippen LogP contribution < -0.4 is 10.6 Å². The van der Waals surface area contributed by atoms with E-state index in [0.29, 0.717) is 17.5 Å². The maximum atomic E-state index is 10.8. The predicted octanol–water partition coefficient (Wildman–Crippen LogP) is 2.66. The van der Waals surface area contributed by atoms with Crippen LogP contribution in [-0.4, -0.2) is 18.0 Å². The van der Waals surface area contributed by atoms with Gasteiger partial charge in [0.15, 0.2) is 0 Å². The quantitative estimate of drug-likeness (QED) is 0.497. The van der Waals surface area contributed by atoms with Crippen molar-refractivity contribution < 1.29 is 4.92 Å². The van der Waals surface area contributed by atoms with Crippen LogP contribution in [0.2, 0.25) is 0 Å². The average molecular weight is 249 g/mol. The number of nitrogen functional groups attached to an aromatic ring is 1. The first-order chi connectivity index (χ1) is 8.47. The predicted molar refractivity (Wildman–Crippen MR) is 72.7 cm³/mol. The number of hydrogen-bond acceptors (Lipinski definition) is 4. The number of nitrogens with two attached hydrogens (primary N) is 1. The Morgan fingerprint density at radius 2 is 2.06 bits per heavy atom. The molecule has 0 aliphatic carbocycles. The van der Waals surface area contributed by atoms with Crippen LogP contribution in [0.3, 0.4) is 0 Å². The molecule has 0 spiro atoms. The standard InChI is InChI=1S/C13H19N3O2/c1-9-3-4-15(8-10(9)2)12-5-11(14)6-13(7-12)16(17)18/h5-7,9-10H,3-4,8,14H2,1-2H3. The largest absolute Gasteiger partial charge is 0.398 e. The van der Waals surface area contributed by atoms with Gasteiger partial charge >= 0.3 is 0 Å². The zero-order valence-corrected chi connectivity index (χ0v) is 10.8. The number of piperidine rings is 1. The van der Waals surface area contributed by atoms with E-state index in [1.165, 1.54) is 6.07 Å². The second-order valence-electron chi connectivity index (χ2n) is 5.23. The van der Waals surface area contributed by atoms with E-state index in [4.69, 9.17) is 5.73 Å². The van der Waals surface area contributed by atoms with Gasteiger partial charge in [-0.15, -0.1) is 0 Å². The number of rotatable bonds is 2. The number of nitro groups is 1. The zero-order chi connectivity index (χ0) is 13.3. The summed E-state index contributed by atoms with van der Waals surface area (Å²) >= 11 is 0. The van der Waals surface area contributed by atoms with E-state index in [0.717, 1.165) is 25.2 Å². The number of anilines is 2. The summed E-state index contributed by atoms with van der Waals surface area (Å²) < 4.78 is 0. The summed E-state index contributed by atoms with van der Waals surface area (Å²) in [5, 5.41) is 10.8. The molecule has 0 aromatic heterocycles. The molecule has 0 radical (unpaired) electrons. The molecule has 5 nitrogen and oxygen atoms in total. The van der Waals surface area contributed by atoms with Gasteiger partial charge < -0.3 is 10.6 Å². The molecule has 2 atom stereocenters. The third-order valence-corrected chi connectivity index (χ3v) is 3.83. The lowest BCUT2D eigenvalue weighted by Gasteiger charge is -2.36. The van der Waals surface area contributed by atoms with E-state index in [-0.39, 0.29) is 5.69 Å². The molecule has 98 valence electrons. The highest BCUT2D eigenvalue weighted by molar-refractivity contribution is 5.62. The molecule has 1 aliphatic heterocycles. The minimum atomic E-state index is -0.393. The van der Waals surface area contributed by atoms with Gasteiger partial charge in [-0.3, -0.25) is 10.1 Å². The summed E-state index contributed by atoms with van der Waals surface area (Å²) in [4.78, 5) is 12.6. The van der Waals surface area contributed by atoms with Gasteiger partial charge in [-0.1, -0.05) is 13.8 Å². The van der Waals surface area contributed by atoms with Gasteiger partial charge in [0.05, 0.1) is 4.92 Å². The van der Waals surface area contributed by atoms with E-state index in [9.17, 15) is 10.1 Å². The Kier molecular flexibility index (Phi) is 3.41. The highest BCUT2D eigenvalue weighted by Crippen LogP contribution is 2.30. The molecule has 1 fully saturated rings. The third-order valence-electron chi connectivity index (χ3n) is 3.83. The fourth-order valence-electron chi connectivity index (χ4n) is 2.40. The first-order valence-electron chi connectivity index (χ1n) is 6.27. The van der Waals surface area contributed by atoms with E-state index in [2.05, 4.69) is 18.7 Å². The van der Waals surface area contributed by atoms with Crippen molar-refractivity contribution in [3.63, 3.8) is 0 Å². The fraction of sp³-hybridized carbons (Fsp3) is 0.538. The van der Waals surface area contributed by atoms with Gasteiger partial charge in [-0.05, 0) is 24.3 Å². The maximum Gasteiger partial charge on any atom is 0.273 e. The van der Waals surface area contributed by atoms with Crippen molar-refractivity contribution in [1.29, 1.82) is 0 Å². The molecule has 1 saturated heterocycles. The van der Waals surface area contributed by atoms with Gasteiger partial charge in [0.1, 0.15) is 0 Å². The van der Waals surface area contributed by atoms with Crippen molar-refractivity contribution in [2.75, 3.05) is 23.7 Å². The summed E-state index contributed by atoms with van der Waals surface area (Å²) in [6.45, 7) is 6.34. The second-order valence-corrected chi connectivity index (χ2v) is 5.23. The van der Waals surface area contributed by atoms with Gasteiger partial charge in [0.25, 0.3) is 5.69 Å². The van der Waals surface area contributed by atoms with E-state index < -0.39 is 4.92 Å². The minimum absolute atomic E-state index is 0.0660. The topological polar surface area (TPSA) is 72.4 Å².